The number of Topliss-reactive ketones (excluding diaryl/α,β-unsaturated/α-hetero) is 1. The van der Waals surface area contributed by atoms with Gasteiger partial charge in [0, 0.05) is 23.8 Å². The first-order chi connectivity index (χ1) is 17.3. The Morgan fingerprint density at radius 1 is 1.16 bits per heavy atom. The van der Waals surface area contributed by atoms with Crippen molar-refractivity contribution in [1.82, 2.24) is 0 Å². The molecule has 0 aromatic rings. The summed E-state index contributed by atoms with van der Waals surface area (Å²) in [5.41, 5.74) is -3.50. The maximum absolute atomic E-state index is 13.4. The summed E-state index contributed by atoms with van der Waals surface area (Å²) in [4.78, 5) is 52.2. The lowest BCUT2D eigenvalue weighted by atomic mass is 9.38. The number of carbonyl (C=O) groups is 4. The van der Waals surface area contributed by atoms with Gasteiger partial charge < -0.3 is 34.3 Å². The molecule has 2 saturated carbocycles. The van der Waals surface area contributed by atoms with Crippen LogP contribution in [0.4, 0.5) is 0 Å². The molecule has 10 atom stereocenters. The van der Waals surface area contributed by atoms with E-state index >= 15 is 0 Å². The van der Waals surface area contributed by atoms with Crippen LogP contribution in [0.1, 0.15) is 40.5 Å². The zero-order chi connectivity index (χ0) is 27.2. The molecule has 3 aliphatic carbocycles. The number of esters is 3. The van der Waals surface area contributed by atoms with Gasteiger partial charge in [0.25, 0.3) is 0 Å². The second-order valence-corrected chi connectivity index (χ2v) is 11.5. The molecule has 5 aliphatic rings. The Bertz CT molecular complexity index is 1150. The molecule has 11 nitrogen and oxygen atoms in total. The third-order valence-corrected chi connectivity index (χ3v) is 9.49. The van der Waals surface area contributed by atoms with Gasteiger partial charge in [-0.05, 0) is 44.1 Å². The Labute approximate surface area is 213 Å². The third-order valence-electron chi connectivity index (χ3n) is 9.49. The number of allylic oxidation sites excluding steroid dienone is 3. The van der Waals surface area contributed by atoms with Crippen LogP contribution in [0.2, 0.25) is 0 Å². The van der Waals surface area contributed by atoms with Crippen LogP contribution in [0.3, 0.4) is 0 Å². The van der Waals surface area contributed by atoms with Gasteiger partial charge in [0.05, 0.1) is 25.7 Å². The van der Waals surface area contributed by atoms with Crippen molar-refractivity contribution in [2.75, 3.05) is 13.7 Å². The first kappa shape index (κ1) is 25.9. The third kappa shape index (κ3) is 3.04. The smallest absolute Gasteiger partial charge is 0.348 e. The molecular weight excluding hydrogens is 488 g/mol. The van der Waals surface area contributed by atoms with Crippen LogP contribution in [0.15, 0.2) is 23.0 Å². The van der Waals surface area contributed by atoms with E-state index in [1.807, 2.05) is 0 Å². The second kappa shape index (κ2) is 8.12. The van der Waals surface area contributed by atoms with Gasteiger partial charge in [-0.25, -0.2) is 14.4 Å². The molecule has 1 spiro atoms. The number of aliphatic hydroxyl groups excluding tert-OH is 3. The van der Waals surface area contributed by atoms with Crippen molar-refractivity contribution in [3.05, 3.63) is 23.0 Å². The molecule has 2 heterocycles. The van der Waals surface area contributed by atoms with Crippen LogP contribution in [0, 0.1) is 28.6 Å². The van der Waals surface area contributed by atoms with E-state index in [2.05, 4.69) is 0 Å². The van der Waals surface area contributed by atoms with E-state index in [1.165, 1.54) is 6.08 Å². The van der Waals surface area contributed by atoms with Crippen molar-refractivity contribution in [1.29, 1.82) is 0 Å². The maximum Gasteiger partial charge on any atom is 0.348 e. The Balaban J connectivity index is 1.74. The molecule has 0 radical (unpaired) electrons. The number of hydrogen-bond donors (Lipinski definition) is 3. The Morgan fingerprint density at radius 3 is 2.46 bits per heavy atom. The number of hydrogen-bond acceptors (Lipinski definition) is 11. The summed E-state index contributed by atoms with van der Waals surface area (Å²) in [5.74, 6) is -6.30. The number of rotatable bonds is 3. The molecule has 4 fully saturated rings. The van der Waals surface area contributed by atoms with E-state index in [0.717, 1.165) is 7.11 Å². The number of methoxy groups -OCH3 is 1. The molecule has 37 heavy (non-hydrogen) atoms. The lowest BCUT2D eigenvalue weighted by molar-refractivity contribution is -0.290. The zero-order valence-corrected chi connectivity index (χ0v) is 21.3. The predicted octanol–water partition coefficient (Wildman–Crippen LogP) is 0.517. The molecule has 11 heteroatoms. The quantitative estimate of drug-likeness (QED) is 0.270. The highest BCUT2D eigenvalue weighted by molar-refractivity contribution is 5.95. The first-order valence-electron chi connectivity index (χ1n) is 12.3. The van der Waals surface area contributed by atoms with Crippen LogP contribution in [-0.2, 0) is 38.1 Å². The monoisotopic (exact) mass is 520 g/mol. The minimum Gasteiger partial charge on any atom is -0.504 e. The molecule has 0 unspecified atom stereocenters. The second-order valence-electron chi connectivity index (χ2n) is 11.5. The van der Waals surface area contributed by atoms with Crippen LogP contribution < -0.4 is 0 Å². The van der Waals surface area contributed by atoms with Gasteiger partial charge in [-0.15, -0.1) is 0 Å². The van der Waals surface area contributed by atoms with Crippen molar-refractivity contribution in [3.8, 4) is 0 Å². The summed E-state index contributed by atoms with van der Waals surface area (Å²) in [6.45, 7) is 6.53. The first-order valence-corrected chi connectivity index (χ1v) is 12.3. The van der Waals surface area contributed by atoms with Gasteiger partial charge in [0.1, 0.15) is 12.2 Å². The molecule has 3 N–H and O–H groups in total. The number of ketones is 1. The standard InChI is InChI=1S/C26H32O11/c1-10(2)6-15(28)37-18-20-25-9-35-26(20,23(33)34-5)21(31)17(30)19(25)24(4)8-13(27)16(29)11(3)12(24)7-14(25)36-22(18)32/h6,12,14,17-21,29-31H,7-9H2,1-5H3/t12-,14+,17+,18+,19+,20+,21-,24-,25+,26+/m1/s1. The minimum atomic E-state index is -2.22. The molecule has 0 aromatic heterocycles. The van der Waals surface area contributed by atoms with E-state index in [9.17, 15) is 34.5 Å². The van der Waals surface area contributed by atoms with E-state index in [4.69, 9.17) is 18.9 Å². The number of carbonyl (C=O) groups excluding carboxylic acids is 4. The lowest BCUT2D eigenvalue weighted by Gasteiger charge is -2.67. The van der Waals surface area contributed by atoms with E-state index in [-0.39, 0.29) is 25.2 Å². The van der Waals surface area contributed by atoms with Gasteiger partial charge in [0.15, 0.2) is 11.5 Å². The van der Waals surface area contributed by atoms with Crippen LogP contribution >= 0.6 is 0 Å². The number of fused-ring (bicyclic) bond motifs is 2. The zero-order valence-electron chi connectivity index (χ0n) is 21.3. The summed E-state index contributed by atoms with van der Waals surface area (Å²) < 4.78 is 22.5. The molecule has 0 aromatic carbocycles. The van der Waals surface area contributed by atoms with Crippen LogP contribution in [0.5, 0.6) is 0 Å². The van der Waals surface area contributed by atoms with Gasteiger partial charge >= 0.3 is 17.9 Å². The highest BCUT2D eigenvalue weighted by atomic mass is 16.6. The molecular formula is C26H32O11. The SMILES string of the molecule is COC(=O)[C@@]12OC[C@]34[C@H](C[C@@H]5C(C)=C(O)C(=O)C[C@@]5(C)[C@@H]3[C@H](O)[C@H]1O)OC(=O)[C@@H](OC(=O)C=C(C)C)[C@H]24. The van der Waals surface area contributed by atoms with Crippen molar-refractivity contribution < 1.29 is 53.4 Å². The summed E-state index contributed by atoms with van der Waals surface area (Å²) in [7, 11) is 1.09. The summed E-state index contributed by atoms with van der Waals surface area (Å²) in [6, 6.07) is 0. The van der Waals surface area contributed by atoms with Gasteiger partial charge in [-0.2, -0.15) is 0 Å². The fourth-order valence-electron chi connectivity index (χ4n) is 8.25. The lowest BCUT2D eigenvalue weighted by Crippen LogP contribution is -2.79. The summed E-state index contributed by atoms with van der Waals surface area (Å²) >= 11 is 0. The Morgan fingerprint density at radius 2 is 1.84 bits per heavy atom. The topological polar surface area (TPSA) is 166 Å². The van der Waals surface area contributed by atoms with Crippen molar-refractivity contribution in [3.63, 3.8) is 0 Å². The minimum absolute atomic E-state index is 0.141. The normalized spacial score (nSPS) is 45.9. The fourth-order valence-corrected chi connectivity index (χ4v) is 8.25. The highest BCUT2D eigenvalue weighted by Gasteiger charge is 2.85. The maximum atomic E-state index is 13.4. The van der Waals surface area contributed by atoms with Crippen LogP contribution in [-0.4, -0.2) is 82.7 Å². The van der Waals surface area contributed by atoms with Gasteiger partial charge in [-0.1, -0.05) is 12.5 Å². The van der Waals surface area contributed by atoms with Gasteiger partial charge in [0.2, 0.25) is 11.7 Å². The molecule has 202 valence electrons. The predicted molar refractivity (Wildman–Crippen MR) is 122 cm³/mol. The van der Waals surface area contributed by atoms with Crippen molar-refractivity contribution >= 4 is 23.7 Å². The van der Waals surface area contributed by atoms with E-state index in [0.29, 0.717) is 11.1 Å². The largest absolute Gasteiger partial charge is 0.504 e. The van der Waals surface area contributed by atoms with Crippen molar-refractivity contribution in [2.45, 2.75) is 70.6 Å². The summed E-state index contributed by atoms with van der Waals surface area (Å²) in [5, 5.41) is 33.6. The van der Waals surface area contributed by atoms with E-state index in [1.54, 1.807) is 27.7 Å². The van der Waals surface area contributed by atoms with Crippen LogP contribution in [0.25, 0.3) is 0 Å². The van der Waals surface area contributed by atoms with Gasteiger partial charge in [-0.3, -0.25) is 4.79 Å². The molecule has 2 saturated heterocycles. The van der Waals surface area contributed by atoms with Crippen molar-refractivity contribution in [2.24, 2.45) is 28.6 Å². The fraction of sp³-hybridized carbons (Fsp3) is 0.692. The molecule has 2 bridgehead atoms. The Hall–Kier alpha value is -2.76. The molecule has 5 rings (SSSR count). The summed E-state index contributed by atoms with van der Waals surface area (Å²) in [6.07, 6.45) is -4.79. The number of ether oxygens (including phenoxy) is 4. The molecule has 2 aliphatic heterocycles. The Kier molecular flexibility index (Phi) is 5.68. The highest BCUT2D eigenvalue weighted by Crippen LogP contribution is 2.72. The van der Waals surface area contributed by atoms with E-state index < -0.39 is 82.3 Å². The average molecular weight is 521 g/mol. The average Bonchev–Trinajstić information content (AvgIpc) is 3.12. The molecule has 0 amide bonds. The number of aliphatic hydroxyl groups is 3.